The number of benzene rings is 1. The summed E-state index contributed by atoms with van der Waals surface area (Å²) in [5, 5.41) is 9.24. The Morgan fingerprint density at radius 3 is 2.13 bits per heavy atom. The van der Waals surface area contributed by atoms with Gasteiger partial charge in [-0.1, -0.05) is 38.1 Å². The average molecular weight is 431 g/mol. The summed E-state index contributed by atoms with van der Waals surface area (Å²) in [6.07, 6.45) is 1.83. The molecule has 31 heavy (non-hydrogen) atoms. The van der Waals surface area contributed by atoms with Gasteiger partial charge < -0.3 is 24.1 Å². The molecule has 0 saturated carbocycles. The number of nitrogens with zero attached hydrogens (tertiary/aromatic N) is 1. The van der Waals surface area contributed by atoms with Crippen molar-refractivity contribution in [1.82, 2.24) is 4.90 Å². The first-order valence-electron chi connectivity index (χ1n) is 11.5. The zero-order chi connectivity index (χ0) is 23.0. The van der Waals surface area contributed by atoms with Crippen LogP contribution in [0.3, 0.4) is 0 Å². The summed E-state index contributed by atoms with van der Waals surface area (Å²) >= 11 is 0. The minimum absolute atomic E-state index is 0.0946. The summed E-state index contributed by atoms with van der Waals surface area (Å²) in [6, 6.07) is 8.01. The number of rotatable bonds is 7. The van der Waals surface area contributed by atoms with Gasteiger partial charge in [0.15, 0.2) is 0 Å². The molecule has 1 aromatic rings. The molecule has 1 aromatic carbocycles. The Balaban J connectivity index is 1.69. The van der Waals surface area contributed by atoms with E-state index < -0.39 is 12.7 Å². The van der Waals surface area contributed by atoms with E-state index in [0.29, 0.717) is 19.4 Å². The van der Waals surface area contributed by atoms with E-state index in [-0.39, 0.29) is 35.9 Å². The lowest BCUT2D eigenvalue weighted by Crippen LogP contribution is -2.52. The number of cyclic esters (lactones) is 1. The summed E-state index contributed by atoms with van der Waals surface area (Å²) in [7, 11) is -0.396. The predicted molar refractivity (Wildman–Crippen MR) is 122 cm³/mol. The maximum atomic E-state index is 12.9. The number of aliphatic hydroxyl groups is 1. The summed E-state index contributed by atoms with van der Waals surface area (Å²) in [5.41, 5.74) is 0.778. The van der Waals surface area contributed by atoms with Gasteiger partial charge in [0.1, 0.15) is 5.60 Å². The lowest BCUT2D eigenvalue weighted by molar-refractivity contribution is -0.0894. The molecule has 7 heteroatoms. The maximum Gasteiger partial charge on any atom is 0.494 e. The van der Waals surface area contributed by atoms with Gasteiger partial charge >= 0.3 is 13.2 Å². The van der Waals surface area contributed by atoms with Crippen molar-refractivity contribution in [2.75, 3.05) is 13.2 Å². The van der Waals surface area contributed by atoms with Crippen LogP contribution in [0.4, 0.5) is 4.79 Å². The molecule has 2 unspecified atom stereocenters. The fourth-order valence-corrected chi connectivity index (χ4v) is 4.38. The van der Waals surface area contributed by atoms with Crippen LogP contribution in [0.2, 0.25) is 0 Å². The average Bonchev–Trinajstić information content (AvgIpc) is 2.93. The Morgan fingerprint density at radius 2 is 1.65 bits per heavy atom. The summed E-state index contributed by atoms with van der Waals surface area (Å²) < 4.78 is 18.3. The van der Waals surface area contributed by atoms with Crippen molar-refractivity contribution in [3.05, 3.63) is 29.8 Å². The summed E-state index contributed by atoms with van der Waals surface area (Å²) in [4.78, 5) is 14.7. The number of carbonyl (C=O) groups excluding carboxylic acids is 1. The molecule has 0 spiro atoms. The van der Waals surface area contributed by atoms with Crippen LogP contribution in [-0.2, 0) is 14.0 Å². The molecule has 1 N–H and O–H groups in total. The van der Waals surface area contributed by atoms with Gasteiger partial charge in [-0.25, -0.2) is 4.79 Å². The largest absolute Gasteiger partial charge is 0.494 e. The molecule has 1 amide bonds. The lowest BCUT2D eigenvalue weighted by atomic mass is 9.78. The monoisotopic (exact) mass is 431 g/mol. The first-order chi connectivity index (χ1) is 14.4. The number of aliphatic hydroxyl groups excluding tert-OH is 1. The number of amides is 1. The van der Waals surface area contributed by atoms with E-state index >= 15 is 0 Å². The predicted octanol–water partition coefficient (Wildman–Crippen LogP) is 4.06. The molecule has 0 aromatic heterocycles. The Kier molecular flexibility index (Phi) is 6.80. The van der Waals surface area contributed by atoms with Crippen molar-refractivity contribution in [1.29, 1.82) is 0 Å². The number of hydrogen-bond acceptors (Lipinski definition) is 5. The Bertz CT molecular complexity index is 763. The Labute approximate surface area is 187 Å². The van der Waals surface area contributed by atoms with Crippen molar-refractivity contribution < 1.29 is 23.9 Å². The molecule has 6 nitrogen and oxygen atoms in total. The molecule has 2 aliphatic rings. The van der Waals surface area contributed by atoms with Gasteiger partial charge in [0.05, 0.1) is 17.2 Å². The highest BCUT2D eigenvalue weighted by Crippen LogP contribution is 2.38. The first kappa shape index (κ1) is 24.1. The van der Waals surface area contributed by atoms with Gasteiger partial charge in [-0.05, 0) is 64.4 Å². The van der Waals surface area contributed by atoms with Crippen LogP contribution >= 0.6 is 0 Å². The molecule has 2 atom stereocenters. The van der Waals surface area contributed by atoms with Crippen LogP contribution in [0, 0.1) is 5.92 Å². The fourth-order valence-electron chi connectivity index (χ4n) is 4.38. The maximum absolute atomic E-state index is 12.9. The first-order valence-corrected chi connectivity index (χ1v) is 11.5. The van der Waals surface area contributed by atoms with E-state index in [2.05, 4.69) is 13.8 Å². The molecule has 0 bridgehead atoms. The van der Waals surface area contributed by atoms with E-state index in [4.69, 9.17) is 14.0 Å². The van der Waals surface area contributed by atoms with Crippen LogP contribution in [0.5, 0.6) is 0 Å². The smallest absolute Gasteiger partial charge is 0.442 e. The van der Waals surface area contributed by atoms with Gasteiger partial charge in [-0.3, -0.25) is 0 Å². The van der Waals surface area contributed by atoms with Crippen molar-refractivity contribution in [2.45, 2.75) is 90.6 Å². The van der Waals surface area contributed by atoms with Gasteiger partial charge in [-0.2, -0.15) is 0 Å². The van der Waals surface area contributed by atoms with Crippen LogP contribution in [-0.4, -0.2) is 53.2 Å². The zero-order valence-electron chi connectivity index (χ0n) is 20.1. The van der Waals surface area contributed by atoms with Gasteiger partial charge in [0.2, 0.25) is 0 Å². The topological polar surface area (TPSA) is 68.2 Å². The third-order valence-corrected chi connectivity index (χ3v) is 7.52. The Hall–Kier alpha value is -1.57. The Morgan fingerprint density at radius 1 is 1.06 bits per heavy atom. The van der Waals surface area contributed by atoms with Crippen LogP contribution in [0.1, 0.15) is 79.3 Å². The van der Waals surface area contributed by atoms with Crippen molar-refractivity contribution in [3.63, 3.8) is 0 Å². The SMILES string of the molecule is CC(c1ccc(B2OC(C)(C)C(C)(C)O2)cc1)N1CCC(CCCO)(C(C)C)OC1=O. The molecule has 2 heterocycles. The minimum Gasteiger partial charge on any atom is -0.442 e. The number of ether oxygens (including phenoxy) is 1. The van der Waals surface area contributed by atoms with Gasteiger partial charge in [0, 0.05) is 19.6 Å². The third kappa shape index (κ3) is 4.64. The minimum atomic E-state index is -0.489. The molecule has 0 aliphatic carbocycles. The second-order valence-electron chi connectivity index (χ2n) is 10.3. The summed E-state index contributed by atoms with van der Waals surface area (Å²) in [5.74, 6) is 0.208. The fraction of sp³-hybridized carbons (Fsp3) is 0.708. The van der Waals surface area contributed by atoms with Gasteiger partial charge in [-0.15, -0.1) is 0 Å². The molecular weight excluding hydrogens is 393 g/mol. The van der Waals surface area contributed by atoms with Crippen LogP contribution in [0.25, 0.3) is 0 Å². The van der Waals surface area contributed by atoms with E-state index in [1.54, 1.807) is 4.90 Å². The molecule has 3 rings (SSSR count). The van der Waals surface area contributed by atoms with Crippen molar-refractivity contribution >= 4 is 18.7 Å². The zero-order valence-corrected chi connectivity index (χ0v) is 20.1. The highest BCUT2D eigenvalue weighted by atomic mass is 16.7. The van der Waals surface area contributed by atoms with E-state index in [1.165, 1.54) is 0 Å². The second-order valence-corrected chi connectivity index (χ2v) is 10.3. The van der Waals surface area contributed by atoms with Crippen LogP contribution < -0.4 is 5.46 Å². The molecule has 172 valence electrons. The van der Waals surface area contributed by atoms with Gasteiger partial charge in [0.25, 0.3) is 0 Å². The van der Waals surface area contributed by atoms with Crippen molar-refractivity contribution in [2.24, 2.45) is 5.92 Å². The number of carbonyl (C=O) groups is 1. The molecule has 0 radical (unpaired) electrons. The molecular formula is C24H38BNO5. The highest BCUT2D eigenvalue weighted by Gasteiger charge is 2.51. The molecule has 2 saturated heterocycles. The normalized spacial score (nSPS) is 26.3. The van der Waals surface area contributed by atoms with Crippen molar-refractivity contribution in [3.8, 4) is 0 Å². The van der Waals surface area contributed by atoms with Crippen LogP contribution in [0.15, 0.2) is 24.3 Å². The van der Waals surface area contributed by atoms with E-state index in [0.717, 1.165) is 17.4 Å². The molecule has 2 fully saturated rings. The molecule has 2 aliphatic heterocycles. The quantitative estimate of drug-likeness (QED) is 0.660. The number of hydrogen-bond donors (Lipinski definition) is 1. The van der Waals surface area contributed by atoms with E-state index in [1.807, 2.05) is 58.9 Å². The summed E-state index contributed by atoms with van der Waals surface area (Å²) in [6.45, 7) is 15.1. The third-order valence-electron chi connectivity index (χ3n) is 7.52. The van der Waals surface area contributed by atoms with E-state index in [9.17, 15) is 9.90 Å². The highest BCUT2D eigenvalue weighted by molar-refractivity contribution is 6.62. The lowest BCUT2D eigenvalue weighted by Gasteiger charge is -2.45. The second kappa shape index (κ2) is 8.76. The standard InChI is InChI=1S/C24H38BNO5/c1-17(2)24(13-8-16-27)14-15-26(21(28)29-24)18(3)19-9-11-20(12-10-19)25-30-22(4,5)23(6,7)31-25/h9-12,17-18,27H,8,13-16H2,1-7H3.